The van der Waals surface area contributed by atoms with Crippen molar-refractivity contribution in [2.75, 3.05) is 5.75 Å². The van der Waals surface area contributed by atoms with E-state index in [1.807, 2.05) is 0 Å². The Labute approximate surface area is 67.0 Å². The highest BCUT2D eigenvalue weighted by molar-refractivity contribution is 7.80. The fourth-order valence-corrected chi connectivity index (χ4v) is 1.08. The Balaban J connectivity index is 3.50. The van der Waals surface area contributed by atoms with Crippen LogP contribution in [-0.4, -0.2) is 16.8 Å². The van der Waals surface area contributed by atoms with E-state index in [1.54, 1.807) is 0 Å². The first-order valence-corrected chi connectivity index (χ1v) is 4.19. The molecule has 0 aromatic rings. The number of aliphatic carboxylic acids is 1. The van der Waals surface area contributed by atoms with Gasteiger partial charge in [0.2, 0.25) is 0 Å². The molecule has 0 radical (unpaired) electrons. The van der Waals surface area contributed by atoms with Gasteiger partial charge in [-0.3, -0.25) is 4.79 Å². The van der Waals surface area contributed by atoms with Gasteiger partial charge >= 0.3 is 5.97 Å². The van der Waals surface area contributed by atoms with Crippen LogP contribution >= 0.6 is 12.6 Å². The van der Waals surface area contributed by atoms with Crippen LogP contribution in [0.25, 0.3) is 0 Å². The van der Waals surface area contributed by atoms with Gasteiger partial charge in [0.1, 0.15) is 0 Å². The molecule has 1 unspecified atom stereocenters. The summed E-state index contributed by atoms with van der Waals surface area (Å²) < 4.78 is 0. The molecular formula is C7H14O2S. The third-order valence-corrected chi connectivity index (χ3v) is 1.92. The second-order valence-electron chi connectivity index (χ2n) is 2.36. The van der Waals surface area contributed by atoms with Gasteiger partial charge in [0, 0.05) is 5.75 Å². The Kier molecular flexibility index (Phi) is 5.49. The number of thiol groups is 1. The van der Waals surface area contributed by atoms with Crippen molar-refractivity contribution in [2.45, 2.75) is 26.2 Å². The van der Waals surface area contributed by atoms with Gasteiger partial charge in [-0.1, -0.05) is 19.8 Å². The van der Waals surface area contributed by atoms with Gasteiger partial charge in [-0.15, -0.1) is 0 Å². The van der Waals surface area contributed by atoms with E-state index in [0.29, 0.717) is 5.75 Å². The van der Waals surface area contributed by atoms with Gasteiger partial charge < -0.3 is 5.11 Å². The molecule has 0 bridgehead atoms. The molecule has 0 fully saturated rings. The summed E-state index contributed by atoms with van der Waals surface area (Å²) in [5.74, 6) is -0.512. The lowest BCUT2D eigenvalue weighted by Gasteiger charge is -2.06. The minimum atomic E-state index is -0.719. The van der Waals surface area contributed by atoms with E-state index < -0.39 is 5.97 Å². The number of rotatable bonds is 5. The van der Waals surface area contributed by atoms with Gasteiger partial charge in [-0.2, -0.15) is 12.6 Å². The monoisotopic (exact) mass is 162 g/mol. The number of carboxylic acids is 1. The lowest BCUT2D eigenvalue weighted by molar-refractivity contribution is -0.141. The summed E-state index contributed by atoms with van der Waals surface area (Å²) in [7, 11) is 0. The molecule has 0 rings (SSSR count). The van der Waals surface area contributed by atoms with Crippen molar-refractivity contribution >= 4 is 18.6 Å². The van der Waals surface area contributed by atoms with Gasteiger partial charge in [-0.05, 0) is 6.42 Å². The Morgan fingerprint density at radius 1 is 1.70 bits per heavy atom. The van der Waals surface area contributed by atoms with E-state index in [4.69, 9.17) is 5.11 Å². The van der Waals surface area contributed by atoms with Crippen LogP contribution < -0.4 is 0 Å². The van der Waals surface area contributed by atoms with Gasteiger partial charge in [0.15, 0.2) is 0 Å². The molecule has 1 N–H and O–H groups in total. The standard InChI is InChI=1S/C7H14O2S/c1-2-3-4-6(5-10)7(8)9/h6,10H,2-5H2,1H3,(H,8,9). The molecule has 0 aromatic heterocycles. The molecule has 0 saturated carbocycles. The lowest BCUT2D eigenvalue weighted by Crippen LogP contribution is -2.14. The maximum absolute atomic E-state index is 10.4. The third-order valence-electron chi connectivity index (χ3n) is 1.48. The van der Waals surface area contributed by atoms with Crippen LogP contribution in [0.3, 0.4) is 0 Å². The van der Waals surface area contributed by atoms with Crippen LogP contribution in [0.5, 0.6) is 0 Å². The third kappa shape index (κ3) is 3.77. The van der Waals surface area contributed by atoms with E-state index >= 15 is 0 Å². The molecule has 0 aliphatic heterocycles. The highest BCUT2D eigenvalue weighted by Gasteiger charge is 2.13. The summed E-state index contributed by atoms with van der Waals surface area (Å²) in [6.45, 7) is 2.05. The van der Waals surface area contributed by atoms with Crippen LogP contribution in [-0.2, 0) is 4.79 Å². The SMILES string of the molecule is CCCCC(CS)C(=O)O. The molecule has 0 spiro atoms. The molecule has 0 aliphatic rings. The molecule has 10 heavy (non-hydrogen) atoms. The average Bonchev–Trinajstić information content (AvgIpc) is 1.89. The summed E-state index contributed by atoms with van der Waals surface area (Å²) in [5.41, 5.74) is 0. The number of carbonyl (C=O) groups is 1. The summed E-state index contributed by atoms with van der Waals surface area (Å²) in [4.78, 5) is 10.4. The van der Waals surface area contributed by atoms with Crippen LogP contribution in [0.4, 0.5) is 0 Å². The molecule has 0 aromatic carbocycles. The van der Waals surface area contributed by atoms with E-state index in [0.717, 1.165) is 19.3 Å². The summed E-state index contributed by atoms with van der Waals surface area (Å²) in [6.07, 6.45) is 2.80. The molecule has 0 heterocycles. The maximum atomic E-state index is 10.4. The quantitative estimate of drug-likeness (QED) is 0.605. The number of unbranched alkanes of at least 4 members (excludes halogenated alkanes) is 1. The van der Waals surface area contributed by atoms with Crippen molar-refractivity contribution in [1.29, 1.82) is 0 Å². The Morgan fingerprint density at radius 3 is 2.60 bits per heavy atom. The van der Waals surface area contributed by atoms with E-state index in [9.17, 15) is 4.79 Å². The molecular weight excluding hydrogens is 148 g/mol. The van der Waals surface area contributed by atoms with Gasteiger partial charge in [-0.25, -0.2) is 0 Å². The first kappa shape index (κ1) is 9.82. The highest BCUT2D eigenvalue weighted by Crippen LogP contribution is 2.09. The van der Waals surface area contributed by atoms with Crippen LogP contribution in [0.15, 0.2) is 0 Å². The maximum Gasteiger partial charge on any atom is 0.307 e. The second-order valence-corrected chi connectivity index (χ2v) is 2.73. The van der Waals surface area contributed by atoms with Crippen LogP contribution in [0.2, 0.25) is 0 Å². The van der Waals surface area contributed by atoms with Crippen molar-refractivity contribution in [3.05, 3.63) is 0 Å². The summed E-state index contributed by atoms with van der Waals surface area (Å²) in [6, 6.07) is 0. The average molecular weight is 162 g/mol. The largest absolute Gasteiger partial charge is 0.481 e. The van der Waals surface area contributed by atoms with Gasteiger partial charge in [0.25, 0.3) is 0 Å². The Morgan fingerprint density at radius 2 is 2.30 bits per heavy atom. The zero-order valence-electron chi connectivity index (χ0n) is 6.21. The lowest BCUT2D eigenvalue weighted by atomic mass is 10.1. The number of hydrogen-bond acceptors (Lipinski definition) is 2. The fraction of sp³-hybridized carbons (Fsp3) is 0.857. The minimum absolute atomic E-state index is 0.247. The first-order chi connectivity index (χ1) is 4.72. The number of hydrogen-bond donors (Lipinski definition) is 2. The normalized spacial score (nSPS) is 13.0. The smallest absolute Gasteiger partial charge is 0.307 e. The Hall–Kier alpha value is -0.180. The molecule has 0 amide bonds. The zero-order chi connectivity index (χ0) is 7.98. The molecule has 3 heteroatoms. The second kappa shape index (κ2) is 5.59. The predicted octanol–water partition coefficient (Wildman–Crippen LogP) is 1.81. The van der Waals surface area contributed by atoms with Crippen molar-refractivity contribution in [2.24, 2.45) is 5.92 Å². The minimum Gasteiger partial charge on any atom is -0.481 e. The van der Waals surface area contributed by atoms with Crippen molar-refractivity contribution in [3.8, 4) is 0 Å². The topological polar surface area (TPSA) is 37.3 Å². The zero-order valence-corrected chi connectivity index (χ0v) is 7.10. The van der Waals surface area contributed by atoms with E-state index in [2.05, 4.69) is 19.6 Å². The first-order valence-electron chi connectivity index (χ1n) is 3.56. The predicted molar refractivity (Wildman–Crippen MR) is 44.5 cm³/mol. The summed E-state index contributed by atoms with van der Waals surface area (Å²) in [5, 5.41) is 8.55. The molecule has 0 saturated heterocycles. The summed E-state index contributed by atoms with van der Waals surface area (Å²) >= 11 is 3.95. The molecule has 1 atom stereocenters. The van der Waals surface area contributed by atoms with Crippen LogP contribution in [0, 0.1) is 5.92 Å². The fourth-order valence-electron chi connectivity index (χ4n) is 0.743. The van der Waals surface area contributed by atoms with E-state index in [-0.39, 0.29) is 5.92 Å². The van der Waals surface area contributed by atoms with Crippen molar-refractivity contribution in [3.63, 3.8) is 0 Å². The number of carboxylic acid groups (broad SMARTS) is 1. The van der Waals surface area contributed by atoms with Crippen molar-refractivity contribution in [1.82, 2.24) is 0 Å². The van der Waals surface area contributed by atoms with E-state index in [1.165, 1.54) is 0 Å². The Bertz CT molecular complexity index is 104. The molecule has 60 valence electrons. The van der Waals surface area contributed by atoms with Crippen LogP contribution in [0.1, 0.15) is 26.2 Å². The molecule has 2 nitrogen and oxygen atoms in total. The molecule has 0 aliphatic carbocycles. The van der Waals surface area contributed by atoms with Gasteiger partial charge in [0.05, 0.1) is 5.92 Å². The highest BCUT2D eigenvalue weighted by atomic mass is 32.1. The van der Waals surface area contributed by atoms with Crippen molar-refractivity contribution < 1.29 is 9.90 Å².